The number of carbonyl (C=O) groups excluding carboxylic acids is 1. The van der Waals surface area contributed by atoms with Crippen LogP contribution in [0.3, 0.4) is 0 Å². The van der Waals surface area contributed by atoms with Crippen molar-refractivity contribution in [2.45, 2.75) is 19.0 Å². The molecule has 1 heterocycles. The van der Waals surface area contributed by atoms with Crippen molar-refractivity contribution in [3.63, 3.8) is 0 Å². The van der Waals surface area contributed by atoms with E-state index in [1.807, 2.05) is 49.4 Å². The average Bonchev–Trinajstić information content (AvgIpc) is 3.23. The van der Waals surface area contributed by atoms with E-state index in [-0.39, 0.29) is 23.9 Å². The SMILES string of the molecule is COc1cccc(C2NNCC2C(=O)NC(C)c2ccc(OC)c(OC)c2)c1. The maximum atomic E-state index is 13.0. The summed E-state index contributed by atoms with van der Waals surface area (Å²) in [4.78, 5) is 13.0. The van der Waals surface area contributed by atoms with Gasteiger partial charge in [-0.2, -0.15) is 0 Å². The van der Waals surface area contributed by atoms with Gasteiger partial charge >= 0.3 is 0 Å². The Morgan fingerprint density at radius 1 is 1.07 bits per heavy atom. The van der Waals surface area contributed by atoms with E-state index in [1.54, 1.807) is 21.3 Å². The van der Waals surface area contributed by atoms with Crippen LogP contribution in [0.15, 0.2) is 42.5 Å². The van der Waals surface area contributed by atoms with Crippen LogP contribution in [0, 0.1) is 5.92 Å². The molecule has 3 atom stereocenters. The van der Waals surface area contributed by atoms with Gasteiger partial charge < -0.3 is 19.5 Å². The van der Waals surface area contributed by atoms with Crippen LogP contribution in [-0.4, -0.2) is 33.8 Å². The number of amides is 1. The minimum Gasteiger partial charge on any atom is -0.497 e. The first-order valence-electron chi connectivity index (χ1n) is 9.22. The molecule has 1 saturated heterocycles. The van der Waals surface area contributed by atoms with E-state index >= 15 is 0 Å². The Hall–Kier alpha value is -2.77. The topological polar surface area (TPSA) is 80.9 Å². The van der Waals surface area contributed by atoms with Crippen LogP contribution in [0.1, 0.15) is 30.1 Å². The van der Waals surface area contributed by atoms with Gasteiger partial charge in [0, 0.05) is 6.54 Å². The number of hydrogen-bond donors (Lipinski definition) is 3. The Labute approximate surface area is 165 Å². The van der Waals surface area contributed by atoms with Crippen LogP contribution < -0.4 is 30.4 Å². The second kappa shape index (κ2) is 8.95. The Morgan fingerprint density at radius 3 is 2.57 bits per heavy atom. The Kier molecular flexibility index (Phi) is 6.38. The maximum absolute atomic E-state index is 13.0. The lowest BCUT2D eigenvalue weighted by Gasteiger charge is -2.22. The van der Waals surface area contributed by atoms with Gasteiger partial charge in [0.15, 0.2) is 11.5 Å². The van der Waals surface area contributed by atoms with Crippen molar-refractivity contribution in [1.29, 1.82) is 0 Å². The molecule has 3 rings (SSSR count). The number of rotatable bonds is 7. The van der Waals surface area contributed by atoms with Crippen molar-refractivity contribution in [1.82, 2.24) is 16.2 Å². The van der Waals surface area contributed by atoms with Gasteiger partial charge in [-0.1, -0.05) is 18.2 Å². The molecule has 1 amide bonds. The highest BCUT2D eigenvalue weighted by Crippen LogP contribution is 2.31. The van der Waals surface area contributed by atoms with Gasteiger partial charge in [-0.3, -0.25) is 10.2 Å². The summed E-state index contributed by atoms with van der Waals surface area (Å²) in [6.07, 6.45) is 0. The molecular formula is C21H27N3O4. The van der Waals surface area contributed by atoms with Crippen LogP contribution in [0.25, 0.3) is 0 Å². The highest BCUT2D eigenvalue weighted by molar-refractivity contribution is 5.80. The molecule has 7 heteroatoms. The predicted molar refractivity (Wildman–Crippen MR) is 106 cm³/mol. The number of hydrazine groups is 1. The molecule has 7 nitrogen and oxygen atoms in total. The molecule has 1 aliphatic heterocycles. The zero-order valence-corrected chi connectivity index (χ0v) is 16.6. The maximum Gasteiger partial charge on any atom is 0.226 e. The smallest absolute Gasteiger partial charge is 0.226 e. The first-order chi connectivity index (χ1) is 13.6. The second-order valence-electron chi connectivity index (χ2n) is 6.73. The molecule has 2 aromatic carbocycles. The summed E-state index contributed by atoms with van der Waals surface area (Å²) in [6, 6.07) is 13.1. The molecule has 150 valence electrons. The number of nitrogens with one attached hydrogen (secondary N) is 3. The molecule has 0 radical (unpaired) electrons. The third kappa shape index (κ3) is 4.21. The average molecular weight is 385 g/mol. The highest BCUT2D eigenvalue weighted by Gasteiger charge is 2.34. The van der Waals surface area contributed by atoms with E-state index in [2.05, 4.69) is 16.2 Å². The van der Waals surface area contributed by atoms with Gasteiger partial charge in [0.05, 0.1) is 39.3 Å². The summed E-state index contributed by atoms with van der Waals surface area (Å²) in [7, 11) is 4.83. The minimum absolute atomic E-state index is 0.0207. The van der Waals surface area contributed by atoms with Crippen molar-refractivity contribution in [2.24, 2.45) is 5.92 Å². The molecule has 0 aliphatic carbocycles. The van der Waals surface area contributed by atoms with Gasteiger partial charge in [-0.05, 0) is 42.3 Å². The lowest BCUT2D eigenvalue weighted by molar-refractivity contribution is -0.125. The number of hydrogen-bond acceptors (Lipinski definition) is 6. The van der Waals surface area contributed by atoms with Gasteiger partial charge in [0.1, 0.15) is 5.75 Å². The van der Waals surface area contributed by atoms with Crippen molar-refractivity contribution >= 4 is 5.91 Å². The summed E-state index contributed by atoms with van der Waals surface area (Å²) >= 11 is 0. The third-order valence-corrected chi connectivity index (χ3v) is 5.04. The monoisotopic (exact) mass is 385 g/mol. The zero-order valence-electron chi connectivity index (χ0n) is 16.6. The zero-order chi connectivity index (χ0) is 20.1. The first-order valence-corrected chi connectivity index (χ1v) is 9.22. The van der Waals surface area contributed by atoms with E-state index in [9.17, 15) is 4.79 Å². The van der Waals surface area contributed by atoms with Gasteiger partial charge in [-0.25, -0.2) is 5.43 Å². The van der Waals surface area contributed by atoms with E-state index < -0.39 is 0 Å². The molecule has 0 spiro atoms. The highest BCUT2D eigenvalue weighted by atomic mass is 16.5. The molecule has 3 N–H and O–H groups in total. The first kappa shape index (κ1) is 20.0. The normalized spacial score (nSPS) is 19.7. The Morgan fingerprint density at radius 2 is 1.86 bits per heavy atom. The van der Waals surface area contributed by atoms with E-state index in [0.29, 0.717) is 18.0 Å². The quantitative estimate of drug-likeness (QED) is 0.679. The fourth-order valence-corrected chi connectivity index (χ4v) is 3.42. The van der Waals surface area contributed by atoms with Crippen molar-refractivity contribution in [2.75, 3.05) is 27.9 Å². The molecule has 0 bridgehead atoms. The fourth-order valence-electron chi connectivity index (χ4n) is 3.42. The fraction of sp³-hybridized carbons (Fsp3) is 0.381. The molecule has 1 fully saturated rings. The van der Waals surface area contributed by atoms with Gasteiger partial charge in [0.25, 0.3) is 0 Å². The second-order valence-corrected chi connectivity index (χ2v) is 6.73. The summed E-state index contributed by atoms with van der Waals surface area (Å²) in [5.74, 6) is 1.80. The van der Waals surface area contributed by atoms with Crippen molar-refractivity contribution in [3.05, 3.63) is 53.6 Å². The van der Waals surface area contributed by atoms with Crippen molar-refractivity contribution < 1.29 is 19.0 Å². The van der Waals surface area contributed by atoms with Crippen LogP contribution in [-0.2, 0) is 4.79 Å². The summed E-state index contributed by atoms with van der Waals surface area (Å²) in [5.41, 5.74) is 8.25. The number of methoxy groups -OCH3 is 3. The van der Waals surface area contributed by atoms with Crippen molar-refractivity contribution in [3.8, 4) is 17.2 Å². The van der Waals surface area contributed by atoms with Gasteiger partial charge in [-0.15, -0.1) is 0 Å². The van der Waals surface area contributed by atoms with E-state index in [4.69, 9.17) is 14.2 Å². The molecule has 28 heavy (non-hydrogen) atoms. The summed E-state index contributed by atoms with van der Waals surface area (Å²) in [6.45, 7) is 2.50. The largest absolute Gasteiger partial charge is 0.497 e. The predicted octanol–water partition coefficient (Wildman–Crippen LogP) is 2.35. The standard InChI is InChI=1S/C21H27N3O4/c1-13(14-8-9-18(27-3)19(11-14)28-4)23-21(25)17-12-22-24-20(17)15-6-5-7-16(10-15)26-2/h5-11,13,17,20,22,24H,12H2,1-4H3,(H,23,25). The van der Waals surface area contributed by atoms with Crippen LogP contribution in [0.4, 0.5) is 0 Å². The number of carbonyl (C=O) groups is 1. The molecule has 0 saturated carbocycles. The van der Waals surface area contributed by atoms with E-state index in [0.717, 1.165) is 16.9 Å². The summed E-state index contributed by atoms with van der Waals surface area (Å²) < 4.78 is 15.9. The summed E-state index contributed by atoms with van der Waals surface area (Å²) in [5, 5.41) is 3.11. The Bertz CT molecular complexity index is 827. The lowest BCUT2D eigenvalue weighted by Crippen LogP contribution is -2.36. The third-order valence-electron chi connectivity index (χ3n) is 5.04. The number of ether oxygens (including phenoxy) is 3. The Balaban J connectivity index is 1.72. The molecule has 0 aromatic heterocycles. The number of benzene rings is 2. The van der Waals surface area contributed by atoms with Gasteiger partial charge in [0.2, 0.25) is 5.91 Å². The van der Waals surface area contributed by atoms with Crippen LogP contribution in [0.2, 0.25) is 0 Å². The van der Waals surface area contributed by atoms with Crippen LogP contribution >= 0.6 is 0 Å². The molecular weight excluding hydrogens is 358 g/mol. The molecule has 3 unspecified atom stereocenters. The molecule has 2 aromatic rings. The molecule has 1 aliphatic rings. The lowest BCUT2D eigenvalue weighted by atomic mass is 9.93. The van der Waals surface area contributed by atoms with Crippen LogP contribution in [0.5, 0.6) is 17.2 Å². The minimum atomic E-state index is -0.241. The van der Waals surface area contributed by atoms with E-state index in [1.165, 1.54) is 0 Å².